The number of piperidine rings is 1. The van der Waals surface area contributed by atoms with Crippen molar-refractivity contribution in [2.75, 3.05) is 20.2 Å². The van der Waals surface area contributed by atoms with Crippen LogP contribution in [0.25, 0.3) is 0 Å². The average molecular weight is 196 g/mol. The van der Waals surface area contributed by atoms with Gasteiger partial charge in [0.15, 0.2) is 0 Å². The molecule has 0 aliphatic carbocycles. The number of methoxy groups -OCH3 is 1. The number of nitrogens with zero attached hydrogens (tertiary/aromatic N) is 2. The molecule has 1 fully saturated rings. The van der Waals surface area contributed by atoms with Gasteiger partial charge in [0.2, 0.25) is 0 Å². The molecule has 0 bridgehead atoms. The quantitative estimate of drug-likeness (QED) is 0.612. The first-order valence-corrected chi connectivity index (χ1v) is 4.90. The molecule has 1 aliphatic heterocycles. The van der Waals surface area contributed by atoms with Crippen LogP contribution in [0.3, 0.4) is 0 Å². The Balaban J connectivity index is 2.52. The zero-order valence-electron chi connectivity index (χ0n) is 8.69. The van der Waals surface area contributed by atoms with Gasteiger partial charge in [-0.1, -0.05) is 0 Å². The molecule has 0 spiro atoms. The van der Waals surface area contributed by atoms with Crippen molar-refractivity contribution >= 4 is 5.97 Å². The Morgan fingerprint density at radius 2 is 2.43 bits per heavy atom. The highest BCUT2D eigenvalue weighted by atomic mass is 16.5. The molecule has 1 aliphatic rings. The lowest BCUT2D eigenvalue weighted by molar-refractivity contribution is -0.147. The second kappa shape index (κ2) is 4.97. The highest BCUT2D eigenvalue weighted by Gasteiger charge is 2.28. The van der Waals surface area contributed by atoms with Gasteiger partial charge >= 0.3 is 5.97 Å². The van der Waals surface area contributed by atoms with E-state index in [4.69, 9.17) is 10.00 Å². The van der Waals surface area contributed by atoms with E-state index < -0.39 is 0 Å². The molecule has 78 valence electrons. The first kappa shape index (κ1) is 11.0. The Morgan fingerprint density at radius 3 is 3.00 bits per heavy atom. The van der Waals surface area contributed by atoms with E-state index in [0.29, 0.717) is 6.54 Å². The van der Waals surface area contributed by atoms with Gasteiger partial charge in [0.05, 0.1) is 25.1 Å². The molecular formula is C10H16N2O2. The molecule has 0 N–H and O–H groups in total. The zero-order valence-corrected chi connectivity index (χ0v) is 8.69. The fourth-order valence-corrected chi connectivity index (χ4v) is 1.80. The fourth-order valence-electron chi connectivity index (χ4n) is 1.80. The SMILES string of the molecule is COC(=O)C1CCCN(C(C)C#N)C1. The number of rotatable bonds is 2. The zero-order chi connectivity index (χ0) is 10.6. The third-order valence-corrected chi connectivity index (χ3v) is 2.72. The molecule has 4 heteroatoms. The maximum absolute atomic E-state index is 11.3. The molecule has 0 amide bonds. The van der Waals surface area contributed by atoms with Crippen LogP contribution in [0, 0.1) is 17.2 Å². The highest BCUT2D eigenvalue weighted by molar-refractivity contribution is 5.72. The summed E-state index contributed by atoms with van der Waals surface area (Å²) in [6, 6.07) is 2.08. The van der Waals surface area contributed by atoms with Crippen molar-refractivity contribution < 1.29 is 9.53 Å². The second-order valence-corrected chi connectivity index (χ2v) is 3.66. The largest absolute Gasteiger partial charge is 0.469 e. The molecule has 14 heavy (non-hydrogen) atoms. The van der Waals surface area contributed by atoms with Crippen LogP contribution in [0.5, 0.6) is 0 Å². The molecule has 0 saturated carbocycles. The van der Waals surface area contributed by atoms with Crippen LogP contribution in [-0.4, -0.2) is 37.1 Å². The van der Waals surface area contributed by atoms with Gasteiger partial charge in [-0.3, -0.25) is 9.69 Å². The van der Waals surface area contributed by atoms with Gasteiger partial charge in [0.1, 0.15) is 0 Å². The Kier molecular flexibility index (Phi) is 3.90. The smallest absolute Gasteiger partial charge is 0.309 e. The van der Waals surface area contributed by atoms with Crippen molar-refractivity contribution in [2.24, 2.45) is 5.92 Å². The molecule has 2 unspecified atom stereocenters. The number of ether oxygens (including phenoxy) is 1. The first-order chi connectivity index (χ1) is 6.69. The lowest BCUT2D eigenvalue weighted by atomic mass is 9.97. The van der Waals surface area contributed by atoms with Crippen LogP contribution in [0.2, 0.25) is 0 Å². The summed E-state index contributed by atoms with van der Waals surface area (Å²) >= 11 is 0. The van der Waals surface area contributed by atoms with Gasteiger partial charge in [-0.05, 0) is 26.3 Å². The van der Waals surface area contributed by atoms with Crippen LogP contribution in [-0.2, 0) is 9.53 Å². The topological polar surface area (TPSA) is 53.3 Å². The minimum absolute atomic E-state index is 0.0513. The van der Waals surface area contributed by atoms with E-state index in [1.807, 2.05) is 11.8 Å². The molecule has 2 atom stereocenters. The van der Waals surface area contributed by atoms with Crippen molar-refractivity contribution in [2.45, 2.75) is 25.8 Å². The third kappa shape index (κ3) is 2.46. The number of likely N-dealkylation sites (tertiary alicyclic amines) is 1. The predicted molar refractivity (Wildman–Crippen MR) is 51.4 cm³/mol. The Hall–Kier alpha value is -1.08. The summed E-state index contributed by atoms with van der Waals surface area (Å²) in [4.78, 5) is 13.3. The third-order valence-electron chi connectivity index (χ3n) is 2.72. The summed E-state index contributed by atoms with van der Waals surface area (Å²) in [6.45, 7) is 3.42. The number of carbonyl (C=O) groups excluding carboxylic acids is 1. The van der Waals surface area contributed by atoms with Gasteiger partial charge in [-0.2, -0.15) is 5.26 Å². The maximum Gasteiger partial charge on any atom is 0.309 e. The summed E-state index contributed by atoms with van der Waals surface area (Å²) in [7, 11) is 1.41. The Bertz CT molecular complexity index is 247. The Morgan fingerprint density at radius 1 is 1.71 bits per heavy atom. The van der Waals surface area contributed by atoms with Crippen LogP contribution in [0.15, 0.2) is 0 Å². The summed E-state index contributed by atoms with van der Waals surface area (Å²) < 4.78 is 4.70. The van der Waals surface area contributed by atoms with Crippen molar-refractivity contribution in [1.29, 1.82) is 5.26 Å². The summed E-state index contributed by atoms with van der Waals surface area (Å²) in [5.74, 6) is -0.204. The molecule has 0 radical (unpaired) electrons. The number of hydrogen-bond acceptors (Lipinski definition) is 4. The van der Waals surface area contributed by atoms with E-state index in [9.17, 15) is 4.79 Å². The summed E-state index contributed by atoms with van der Waals surface area (Å²) in [6.07, 6.45) is 1.84. The van der Waals surface area contributed by atoms with Crippen LogP contribution < -0.4 is 0 Å². The second-order valence-electron chi connectivity index (χ2n) is 3.66. The van der Waals surface area contributed by atoms with Crippen molar-refractivity contribution in [3.63, 3.8) is 0 Å². The van der Waals surface area contributed by atoms with E-state index in [1.165, 1.54) is 7.11 Å². The fraction of sp³-hybridized carbons (Fsp3) is 0.800. The van der Waals surface area contributed by atoms with E-state index in [1.54, 1.807) is 0 Å². The van der Waals surface area contributed by atoms with Gasteiger partial charge in [-0.25, -0.2) is 0 Å². The standard InChI is InChI=1S/C10H16N2O2/c1-8(6-11)12-5-3-4-9(7-12)10(13)14-2/h8-9H,3-5,7H2,1-2H3. The molecule has 1 heterocycles. The van der Waals surface area contributed by atoms with Crippen LogP contribution in [0.4, 0.5) is 0 Å². The van der Waals surface area contributed by atoms with Gasteiger partial charge in [-0.15, -0.1) is 0 Å². The Labute approximate surface area is 84.4 Å². The van der Waals surface area contributed by atoms with E-state index in [-0.39, 0.29) is 17.9 Å². The molecule has 1 rings (SSSR count). The van der Waals surface area contributed by atoms with E-state index in [0.717, 1.165) is 19.4 Å². The highest BCUT2D eigenvalue weighted by Crippen LogP contribution is 2.19. The average Bonchev–Trinajstić information content (AvgIpc) is 2.27. The maximum atomic E-state index is 11.3. The molecule has 0 aromatic rings. The predicted octanol–water partition coefficient (Wildman–Crippen LogP) is 0.783. The first-order valence-electron chi connectivity index (χ1n) is 4.90. The monoisotopic (exact) mass is 196 g/mol. The number of esters is 1. The minimum Gasteiger partial charge on any atom is -0.469 e. The summed E-state index contributed by atoms with van der Waals surface area (Å²) in [5, 5.41) is 8.76. The molecule has 0 aromatic carbocycles. The lowest BCUT2D eigenvalue weighted by Gasteiger charge is -2.32. The number of hydrogen-bond donors (Lipinski definition) is 0. The lowest BCUT2D eigenvalue weighted by Crippen LogP contribution is -2.43. The number of carbonyl (C=O) groups is 1. The van der Waals surface area contributed by atoms with E-state index in [2.05, 4.69) is 6.07 Å². The molecule has 0 aromatic heterocycles. The summed E-state index contributed by atoms with van der Waals surface area (Å²) in [5.41, 5.74) is 0. The molecule has 4 nitrogen and oxygen atoms in total. The number of nitriles is 1. The van der Waals surface area contributed by atoms with E-state index >= 15 is 0 Å². The van der Waals surface area contributed by atoms with Gasteiger partial charge in [0, 0.05) is 6.54 Å². The normalized spacial score (nSPS) is 25.1. The van der Waals surface area contributed by atoms with Crippen LogP contribution >= 0.6 is 0 Å². The minimum atomic E-state index is -0.153. The van der Waals surface area contributed by atoms with Crippen LogP contribution in [0.1, 0.15) is 19.8 Å². The molecule has 1 saturated heterocycles. The molecular weight excluding hydrogens is 180 g/mol. The van der Waals surface area contributed by atoms with Gasteiger partial charge in [0.25, 0.3) is 0 Å². The van der Waals surface area contributed by atoms with Gasteiger partial charge < -0.3 is 4.74 Å². The van der Waals surface area contributed by atoms with Crippen molar-refractivity contribution in [3.8, 4) is 6.07 Å². The van der Waals surface area contributed by atoms with Crippen molar-refractivity contribution in [3.05, 3.63) is 0 Å². The van der Waals surface area contributed by atoms with Crippen molar-refractivity contribution in [1.82, 2.24) is 4.90 Å².